The van der Waals surface area contributed by atoms with E-state index >= 15 is 0 Å². The number of allylic oxidation sites excluding steroid dienone is 4. The van der Waals surface area contributed by atoms with Crippen molar-refractivity contribution in [2.45, 2.75) is 345 Å². The Labute approximate surface area is 1010 Å². The second-order valence-electron chi connectivity index (χ2n) is 42.0. The molecule has 6 aromatic rings. The monoisotopic (exact) mass is 2400 g/mol. The molecule has 143 heavy (non-hydrogen) atoms. The Morgan fingerprint density at radius 2 is 0.622 bits per heavy atom. The largest absolute Gasteiger partial charge is 0.395 e. The van der Waals surface area contributed by atoms with E-state index in [1.165, 1.54) is 83.9 Å². The number of aliphatic hydroxyl groups is 5. The van der Waals surface area contributed by atoms with Crippen LogP contribution in [0.4, 0.5) is 0 Å². The maximum absolute atomic E-state index is 11.9. The van der Waals surface area contributed by atoms with Gasteiger partial charge in [-0.05, 0) is 146 Å². The number of carbonyl (C=O) groups excluding carboxylic acids is 6. The van der Waals surface area contributed by atoms with Crippen LogP contribution in [0.3, 0.4) is 0 Å². The van der Waals surface area contributed by atoms with Crippen molar-refractivity contribution in [1.29, 1.82) is 0 Å². The number of fused-ring (bicyclic) bond motifs is 1. The van der Waals surface area contributed by atoms with Crippen molar-refractivity contribution in [3.63, 3.8) is 0 Å². The fourth-order valence-corrected chi connectivity index (χ4v) is 19.9. The summed E-state index contributed by atoms with van der Waals surface area (Å²) in [5.74, 6) is 2.24. The topological polar surface area (TPSA) is 223 Å². The number of nitrogens with zero attached hydrogens (tertiary/aromatic N) is 6. The molecule has 15 rings (SSSR count). The molecule has 6 radical (unpaired) electrons. The Bertz CT molecular complexity index is 4850. The quantitative estimate of drug-likeness (QED) is 0.0106. The summed E-state index contributed by atoms with van der Waals surface area (Å²) in [4.78, 5) is 82.8. The summed E-state index contributed by atoms with van der Waals surface area (Å²) in [6, 6.07) is 49.3. The van der Waals surface area contributed by atoms with Crippen LogP contribution in [0, 0.1) is 58.8 Å². The number of benzene rings is 6. The van der Waals surface area contributed by atoms with Gasteiger partial charge in [0.05, 0.1) is 106 Å². The summed E-state index contributed by atoms with van der Waals surface area (Å²) in [6.07, 6.45) is 48.7. The maximum Gasteiger partial charge on any atom is 0.225 e. The first-order valence-electron chi connectivity index (χ1n) is 52.0. The first kappa shape index (κ1) is 133. The summed E-state index contributed by atoms with van der Waals surface area (Å²) in [6.45, 7) is 44.3. The predicted octanol–water partition coefficient (Wildman–Crippen LogP) is 25.1. The average molecular weight is 2400 g/mol. The number of hydrogen-bond donors (Lipinski definition) is 5. The van der Waals surface area contributed by atoms with Crippen molar-refractivity contribution in [2.75, 3.05) is 45.9 Å². The van der Waals surface area contributed by atoms with Gasteiger partial charge >= 0.3 is 0 Å². The number of aliphatic hydroxyl groups excluding tert-OH is 5. The fraction of sp³-hybridized carbons (Fsp3) is 0.533. The standard InChI is InChI=1S/C22H32NO2.C22H30NO2.C20H28NO2.C19H26NO2.C19H28NO.C18H22NO2.6Y/c2*1-2-3-4-8-15-23-20(16-21(23)24)17-11-13-19(14-12-17)22(25)18-9-6-5-7-10-18;1-5-6-7-8-13-21-17(14-18(21)22)15-9-11-16(12-10-15)19(23)20(2,3)4;1-4-5-6-7-12-20-17(13-18(20)22)15-8-10-16(11-9-15)19(2,3)14-21;1-5-6-7-8-13-20-17(14-18(20)21)15-9-11-16(12-10-15)19(2,3)4;1-2-3-4-5-10-19-16(12-18(19)21)14-6-8-15-13(11-14)7-9-17(15)20;;;;;;/h11-14,18,20,22,25H,1-10,15-16H2;4,8,11-14,18,20,22,25H,1-3,5-7,9-10,15-16H2;7-12,17,19,23H,1,5-6,13-14H2,2-4H3;6-11,17,21H,1,4-5,12-14H2,2-3H3;9-12,17H,1,5-8,13-14H2,2-4H3;4-6,8,11,16-17,20H,1-3,7,9-10,12H2;;;;;;/q6*-1;;;;;;/b;8-4-;8-7-;7-6-;;5-4-;;;;;;/t2*20-,22?;17-,19?;2*17-;16-,17?;;;;;;/m111111....../s1. The van der Waals surface area contributed by atoms with Crippen molar-refractivity contribution < 1.29 is 251 Å². The van der Waals surface area contributed by atoms with Crippen molar-refractivity contribution in [3.8, 4) is 0 Å². The Morgan fingerprint density at radius 3 is 0.909 bits per heavy atom. The summed E-state index contributed by atoms with van der Waals surface area (Å²) in [5.41, 5.74) is 14.7. The number of hydrogen-bond acceptors (Lipinski definition) is 11. The van der Waals surface area contributed by atoms with Gasteiger partial charge in [0.25, 0.3) is 0 Å². The van der Waals surface area contributed by atoms with Crippen molar-refractivity contribution in [3.05, 3.63) is 302 Å². The number of amides is 6. The molecule has 6 aliphatic heterocycles. The van der Waals surface area contributed by atoms with Crippen molar-refractivity contribution in [2.24, 2.45) is 17.3 Å². The molecular weight excluding hydrogens is 2230 g/mol. The second kappa shape index (κ2) is 67.9. The van der Waals surface area contributed by atoms with Gasteiger partial charge in [0.2, 0.25) is 35.4 Å². The Hall–Kier alpha value is -2.48. The van der Waals surface area contributed by atoms with E-state index in [-0.39, 0.29) is 297 Å². The van der Waals surface area contributed by atoms with E-state index < -0.39 is 6.10 Å². The minimum atomic E-state index is -0.485. The van der Waals surface area contributed by atoms with E-state index in [1.807, 2.05) is 113 Å². The van der Waals surface area contributed by atoms with E-state index in [1.54, 1.807) is 0 Å². The molecule has 17 nitrogen and oxygen atoms in total. The predicted molar refractivity (Wildman–Crippen MR) is 555 cm³/mol. The minimum Gasteiger partial charge on any atom is -0.395 e. The van der Waals surface area contributed by atoms with Gasteiger partial charge in [-0.3, -0.25) is 28.8 Å². The van der Waals surface area contributed by atoms with Crippen LogP contribution in [-0.2, 0) is 242 Å². The number of aryl methyl sites for hydroxylation is 1. The Morgan fingerprint density at radius 1 is 0.336 bits per heavy atom. The van der Waals surface area contributed by atoms with Crippen LogP contribution in [-0.4, -0.2) is 136 Å². The Balaban J connectivity index is 0.000000355. The third kappa shape index (κ3) is 39.5. The molecule has 6 aromatic carbocycles. The molecule has 6 amide bonds. The van der Waals surface area contributed by atoms with Crippen LogP contribution in [0.1, 0.15) is 400 Å². The van der Waals surface area contributed by atoms with Crippen LogP contribution in [0.15, 0.2) is 188 Å². The molecule has 3 aliphatic carbocycles. The second-order valence-corrected chi connectivity index (χ2v) is 42.0. The molecule has 2 saturated carbocycles. The third-order valence-electron chi connectivity index (χ3n) is 29.3. The molecule has 23 heteroatoms. The molecule has 8 fully saturated rings. The fourth-order valence-electron chi connectivity index (χ4n) is 19.9. The smallest absolute Gasteiger partial charge is 0.225 e. The van der Waals surface area contributed by atoms with E-state index in [0.29, 0.717) is 88.5 Å². The molecule has 0 bridgehead atoms. The Kier molecular flexibility index (Phi) is 63.1. The normalized spacial score (nSPS) is 20.5. The zero-order chi connectivity index (χ0) is 98.8. The number of rotatable bonds is 39. The van der Waals surface area contributed by atoms with E-state index in [9.17, 15) is 54.3 Å². The number of β-lactam (4-membered cyclic amide) rings is 6. The zero-order valence-corrected chi connectivity index (χ0v) is 105. The molecule has 9 aliphatic rings. The van der Waals surface area contributed by atoms with Crippen LogP contribution in [0.25, 0.3) is 0 Å². The third-order valence-corrected chi connectivity index (χ3v) is 29.3. The van der Waals surface area contributed by atoms with Gasteiger partial charge in [0.15, 0.2) is 0 Å². The van der Waals surface area contributed by atoms with Gasteiger partial charge in [0.1, 0.15) is 0 Å². The SMILES string of the molecule is [CH2-]CC/C=C\CN1C(=O)C[C@@H]1c1ccc(C(C)(C)CO)cc1.[CH2-]CC/C=C\CN1C(=O)C[C@@H]1c1ccc(C(O)C(C)(C)C)cc1.[CH2-]CC/C=C\CN1C(=O)C[C@@H]1c1ccc(C(O)C2CCCCC2)cc1.[CH2-]CC/C=C\CN1C(=O)C[C@@H]1c1ccc2c(c1)CCC2O.[CH2-]CCCCCN1C(=O)C[C@@H]1c1ccc(C(C)(C)C)cc1.[CH2-]CCCCCN1C(=O)C[C@@H]1c1ccc(C(O)C2CCCCC2)cc1.[Y].[Y].[Y].[Y].[Y].[Y]. The molecular formula is C120H166N6O11Y6-6. The summed E-state index contributed by atoms with van der Waals surface area (Å²) in [5, 5.41) is 50.9. The molecule has 6 saturated heterocycles. The number of likely N-dealkylation sites (tertiary alicyclic amines) is 6. The van der Waals surface area contributed by atoms with Gasteiger partial charge in [-0.25, -0.2) is 0 Å². The van der Waals surface area contributed by atoms with Gasteiger partial charge in [-0.1, -0.05) is 333 Å². The molecule has 4 unspecified atom stereocenters. The molecule has 10 atom stereocenters. The first-order chi connectivity index (χ1) is 65.9. The van der Waals surface area contributed by atoms with Gasteiger partial charge in [-0.15, -0.1) is 0 Å². The molecule has 6 heterocycles. The summed E-state index contributed by atoms with van der Waals surface area (Å²) >= 11 is 0. The average Bonchev–Trinajstić information content (AvgIpc) is 1.66. The van der Waals surface area contributed by atoms with E-state index in [0.717, 1.165) is 181 Å². The van der Waals surface area contributed by atoms with Crippen LogP contribution >= 0.6 is 0 Å². The van der Waals surface area contributed by atoms with Crippen LogP contribution < -0.4 is 0 Å². The maximum atomic E-state index is 11.9. The van der Waals surface area contributed by atoms with Crippen molar-refractivity contribution in [1.82, 2.24) is 29.4 Å². The van der Waals surface area contributed by atoms with Gasteiger partial charge < -0.3 is 96.5 Å². The van der Waals surface area contributed by atoms with Crippen LogP contribution in [0.2, 0.25) is 0 Å². The number of unbranched alkanes of at least 4 members (excludes halogenated alkanes) is 10. The minimum absolute atomic E-state index is 0. The van der Waals surface area contributed by atoms with E-state index in [2.05, 4.69) is 202 Å². The van der Waals surface area contributed by atoms with Crippen molar-refractivity contribution >= 4 is 35.4 Å². The zero-order valence-electron chi connectivity index (χ0n) is 87.9. The van der Waals surface area contributed by atoms with Gasteiger partial charge in [-0.2, -0.15) is 38.5 Å². The van der Waals surface area contributed by atoms with Crippen LogP contribution in [0.5, 0.6) is 0 Å². The first-order valence-corrected chi connectivity index (χ1v) is 52.0. The summed E-state index contributed by atoms with van der Waals surface area (Å²) < 4.78 is 0. The van der Waals surface area contributed by atoms with Gasteiger partial charge in [0, 0.05) is 241 Å². The molecule has 0 aromatic heterocycles. The summed E-state index contributed by atoms with van der Waals surface area (Å²) in [7, 11) is 0. The molecule has 0 spiro atoms. The molecule has 5 N–H and O–H groups in total. The number of carbonyl (C=O) groups is 6. The molecule has 766 valence electrons. The van der Waals surface area contributed by atoms with E-state index in [4.69, 9.17) is 0 Å².